The fraction of sp³-hybridized carbons (Fsp3) is 0.850. The van der Waals surface area contributed by atoms with E-state index in [1.165, 1.54) is 24.8 Å². The van der Waals surface area contributed by atoms with Crippen LogP contribution in [0.4, 0.5) is 0 Å². The fourth-order valence-electron chi connectivity index (χ4n) is 6.53. The molecular formula is C20H30O2. The van der Waals surface area contributed by atoms with E-state index in [0.717, 1.165) is 31.6 Å². The highest BCUT2D eigenvalue weighted by Crippen LogP contribution is 2.64. The molecule has 0 bridgehead atoms. The van der Waals surface area contributed by atoms with Gasteiger partial charge in [0.15, 0.2) is 5.78 Å². The van der Waals surface area contributed by atoms with Crippen LogP contribution >= 0.6 is 0 Å². The highest BCUT2D eigenvalue weighted by molar-refractivity contribution is 5.91. The van der Waals surface area contributed by atoms with E-state index in [4.69, 9.17) is 0 Å². The van der Waals surface area contributed by atoms with E-state index in [-0.39, 0.29) is 16.9 Å². The van der Waals surface area contributed by atoms with Gasteiger partial charge in [0.25, 0.3) is 0 Å². The first-order valence-corrected chi connectivity index (χ1v) is 9.21. The molecule has 6 atom stereocenters. The lowest BCUT2D eigenvalue weighted by Gasteiger charge is -2.57. The van der Waals surface area contributed by atoms with Crippen LogP contribution in [0, 0.1) is 34.5 Å². The van der Waals surface area contributed by atoms with Crippen LogP contribution in [0.2, 0.25) is 0 Å². The van der Waals surface area contributed by atoms with Crippen LogP contribution in [-0.4, -0.2) is 17.0 Å². The maximum absolute atomic E-state index is 11.8. The number of hydrogen-bond donors (Lipinski definition) is 1. The monoisotopic (exact) mass is 302 g/mol. The van der Waals surface area contributed by atoms with E-state index in [1.54, 1.807) is 0 Å². The summed E-state index contributed by atoms with van der Waals surface area (Å²) < 4.78 is 0. The zero-order valence-corrected chi connectivity index (χ0v) is 14.3. The molecular weight excluding hydrogens is 272 g/mol. The third kappa shape index (κ3) is 2.06. The summed E-state index contributed by atoms with van der Waals surface area (Å²) in [5.74, 6) is 3.13. The first-order valence-electron chi connectivity index (χ1n) is 9.21. The Kier molecular flexibility index (Phi) is 3.18. The quantitative estimate of drug-likeness (QED) is 0.730. The van der Waals surface area contributed by atoms with Crippen molar-refractivity contribution in [3.05, 3.63) is 11.6 Å². The van der Waals surface area contributed by atoms with Crippen LogP contribution in [0.5, 0.6) is 0 Å². The number of allylic oxidation sites excluding steroid dienone is 2. The summed E-state index contributed by atoms with van der Waals surface area (Å²) in [5.41, 5.74) is 1.81. The Labute approximate surface area is 134 Å². The van der Waals surface area contributed by atoms with Crippen LogP contribution in [0.1, 0.15) is 65.7 Å². The van der Waals surface area contributed by atoms with Gasteiger partial charge < -0.3 is 5.11 Å². The molecule has 0 aromatic heterocycles. The normalized spacial score (nSPS) is 49.9. The first kappa shape index (κ1) is 14.9. The van der Waals surface area contributed by atoms with Crippen molar-refractivity contribution in [3.8, 4) is 0 Å². The molecule has 4 rings (SSSR count). The molecule has 4 aliphatic rings. The lowest BCUT2D eigenvalue weighted by Crippen LogP contribution is -2.53. The van der Waals surface area contributed by atoms with Crippen molar-refractivity contribution in [1.29, 1.82) is 0 Å². The number of carbonyl (C=O) groups is 1. The second-order valence-corrected chi connectivity index (χ2v) is 9.60. The van der Waals surface area contributed by atoms with Crippen molar-refractivity contribution in [2.75, 3.05) is 0 Å². The molecule has 0 radical (unpaired) electrons. The summed E-state index contributed by atoms with van der Waals surface area (Å²) in [6.45, 7) is 6.99. The topological polar surface area (TPSA) is 37.3 Å². The van der Waals surface area contributed by atoms with Crippen LogP contribution in [0.25, 0.3) is 0 Å². The molecule has 4 aliphatic carbocycles. The summed E-state index contributed by atoms with van der Waals surface area (Å²) in [6, 6.07) is 0. The predicted octanol–water partition coefficient (Wildman–Crippen LogP) is 4.13. The average Bonchev–Trinajstić information content (AvgIpc) is 2.78. The number of fused-ring (bicyclic) bond motifs is 5. The Bertz CT molecular complexity index is 532. The maximum Gasteiger partial charge on any atom is 0.155 e. The number of ketones is 1. The summed E-state index contributed by atoms with van der Waals surface area (Å²) >= 11 is 0. The predicted molar refractivity (Wildman–Crippen MR) is 87.3 cm³/mol. The molecule has 3 saturated carbocycles. The average molecular weight is 302 g/mol. The molecule has 0 saturated heterocycles. The zero-order chi connectivity index (χ0) is 15.7. The van der Waals surface area contributed by atoms with Gasteiger partial charge in [-0.1, -0.05) is 26.3 Å². The van der Waals surface area contributed by atoms with Crippen molar-refractivity contribution in [1.82, 2.24) is 0 Å². The van der Waals surface area contributed by atoms with Crippen molar-refractivity contribution < 1.29 is 9.90 Å². The maximum atomic E-state index is 11.8. The summed E-state index contributed by atoms with van der Waals surface area (Å²) in [7, 11) is 0. The third-order valence-corrected chi connectivity index (χ3v) is 7.72. The largest absolute Gasteiger partial charge is 0.393 e. The van der Waals surface area contributed by atoms with Gasteiger partial charge in [-0.2, -0.15) is 0 Å². The summed E-state index contributed by atoms with van der Waals surface area (Å²) in [6.07, 6.45) is 9.42. The lowest BCUT2D eigenvalue weighted by atomic mass is 9.49. The van der Waals surface area contributed by atoms with Gasteiger partial charge in [-0.3, -0.25) is 4.79 Å². The molecule has 0 aromatic carbocycles. The van der Waals surface area contributed by atoms with Crippen molar-refractivity contribution in [2.45, 2.75) is 71.8 Å². The number of carbonyl (C=O) groups excluding carboxylic acids is 1. The number of rotatable bonds is 0. The van der Waals surface area contributed by atoms with Crippen LogP contribution in [0.15, 0.2) is 11.6 Å². The van der Waals surface area contributed by atoms with Gasteiger partial charge in [-0.25, -0.2) is 0 Å². The third-order valence-electron chi connectivity index (χ3n) is 7.72. The summed E-state index contributed by atoms with van der Waals surface area (Å²) in [4.78, 5) is 11.8. The van der Waals surface area contributed by atoms with E-state index < -0.39 is 0 Å². The molecule has 122 valence electrons. The Balaban J connectivity index is 1.68. The van der Waals surface area contributed by atoms with Gasteiger partial charge >= 0.3 is 0 Å². The van der Waals surface area contributed by atoms with Crippen molar-refractivity contribution >= 4 is 5.78 Å². The van der Waals surface area contributed by atoms with Gasteiger partial charge in [0.1, 0.15) is 0 Å². The van der Waals surface area contributed by atoms with Gasteiger partial charge in [-0.15, -0.1) is 0 Å². The van der Waals surface area contributed by atoms with Gasteiger partial charge in [0, 0.05) is 6.42 Å². The van der Waals surface area contributed by atoms with E-state index in [1.807, 2.05) is 6.08 Å². The minimum Gasteiger partial charge on any atom is -0.393 e. The highest BCUT2D eigenvalue weighted by atomic mass is 16.3. The SMILES string of the molecule is CC1(C)C[C@@H](O)[C@]2(C)CC[C@@H]3[C@@H](CC4=CC(=O)CC[C@@H]43)[C@H]2C1. The van der Waals surface area contributed by atoms with Crippen molar-refractivity contribution in [3.63, 3.8) is 0 Å². The van der Waals surface area contributed by atoms with Crippen LogP contribution < -0.4 is 0 Å². The second kappa shape index (κ2) is 4.69. The molecule has 1 N–H and O–H groups in total. The molecule has 2 heteroatoms. The number of aliphatic hydroxyl groups excluding tert-OH is 1. The molecule has 0 aliphatic heterocycles. The molecule has 0 aromatic rings. The lowest BCUT2D eigenvalue weighted by molar-refractivity contribution is -0.136. The second-order valence-electron chi connectivity index (χ2n) is 9.60. The Hall–Kier alpha value is -0.630. The Morgan fingerprint density at radius 1 is 1.14 bits per heavy atom. The molecule has 0 amide bonds. The molecule has 2 nitrogen and oxygen atoms in total. The van der Waals surface area contributed by atoms with Crippen LogP contribution in [-0.2, 0) is 4.79 Å². The minimum atomic E-state index is -0.152. The molecule has 0 unspecified atom stereocenters. The molecule has 22 heavy (non-hydrogen) atoms. The van der Waals surface area contributed by atoms with Gasteiger partial charge in [0.2, 0.25) is 0 Å². The van der Waals surface area contributed by atoms with E-state index in [9.17, 15) is 9.90 Å². The Morgan fingerprint density at radius 2 is 1.91 bits per heavy atom. The molecule has 0 spiro atoms. The highest BCUT2D eigenvalue weighted by Gasteiger charge is 2.58. The van der Waals surface area contributed by atoms with Crippen LogP contribution in [0.3, 0.4) is 0 Å². The van der Waals surface area contributed by atoms with Crippen molar-refractivity contribution in [2.24, 2.45) is 34.5 Å². The van der Waals surface area contributed by atoms with E-state index in [2.05, 4.69) is 20.8 Å². The first-order chi connectivity index (χ1) is 10.3. The van der Waals surface area contributed by atoms with E-state index >= 15 is 0 Å². The fourth-order valence-corrected chi connectivity index (χ4v) is 6.53. The number of aliphatic hydroxyl groups is 1. The molecule has 0 heterocycles. The number of hydrogen-bond acceptors (Lipinski definition) is 2. The van der Waals surface area contributed by atoms with Gasteiger partial charge in [0.05, 0.1) is 6.10 Å². The van der Waals surface area contributed by atoms with Gasteiger partial charge in [-0.05, 0) is 79.1 Å². The standard InChI is InChI=1S/C20H30O2/c1-19(2)10-17-16-9-12-8-13(21)4-5-14(12)15(16)6-7-20(17,3)18(22)11-19/h8,14-18,22H,4-7,9-11H2,1-3H3/t14-,15-,16+,17+,18+,20+/m0/s1. The summed E-state index contributed by atoms with van der Waals surface area (Å²) in [5, 5.41) is 10.9. The smallest absolute Gasteiger partial charge is 0.155 e. The molecule has 3 fully saturated rings. The van der Waals surface area contributed by atoms with E-state index in [0.29, 0.717) is 23.5 Å². The zero-order valence-electron chi connectivity index (χ0n) is 14.3. The minimum absolute atomic E-state index is 0.106. The Morgan fingerprint density at radius 3 is 2.68 bits per heavy atom.